The van der Waals surface area contributed by atoms with Crippen molar-refractivity contribution in [3.8, 4) is 16.2 Å². The number of carboxylic acids is 1. The molecule has 1 amide bonds. The zero-order valence-electron chi connectivity index (χ0n) is 14.1. The minimum atomic E-state index is -2.89. The van der Waals surface area contributed by atoms with Gasteiger partial charge in [-0.1, -0.05) is 0 Å². The lowest BCUT2D eigenvalue weighted by molar-refractivity contribution is -0.148. The van der Waals surface area contributed by atoms with E-state index in [0.717, 1.165) is 10.4 Å². The number of alkyl halides is 2. The molecule has 0 radical (unpaired) electrons. The van der Waals surface area contributed by atoms with Crippen molar-refractivity contribution in [2.75, 3.05) is 13.2 Å². The molecule has 2 N–H and O–H groups in total. The van der Waals surface area contributed by atoms with Gasteiger partial charge in [-0.15, -0.1) is 11.3 Å². The van der Waals surface area contributed by atoms with Crippen molar-refractivity contribution in [3.63, 3.8) is 0 Å². The van der Waals surface area contributed by atoms with Gasteiger partial charge in [0, 0.05) is 30.9 Å². The maximum absolute atomic E-state index is 12.5. The Morgan fingerprint density at radius 1 is 1.15 bits per heavy atom. The molecule has 2 heterocycles. The number of ether oxygens (including phenoxy) is 2. The fourth-order valence-corrected chi connectivity index (χ4v) is 3.71. The number of rotatable bonds is 6. The molecule has 0 bridgehead atoms. The summed E-state index contributed by atoms with van der Waals surface area (Å²) in [7, 11) is 0. The minimum Gasteiger partial charge on any atom is -0.480 e. The van der Waals surface area contributed by atoms with Gasteiger partial charge in [-0.3, -0.25) is 4.79 Å². The quantitative estimate of drug-likeness (QED) is 0.781. The van der Waals surface area contributed by atoms with Gasteiger partial charge in [0.15, 0.2) is 0 Å². The van der Waals surface area contributed by atoms with Crippen molar-refractivity contribution in [1.29, 1.82) is 0 Å². The second-order valence-corrected chi connectivity index (χ2v) is 7.10. The lowest BCUT2D eigenvalue weighted by Gasteiger charge is -2.33. The van der Waals surface area contributed by atoms with Crippen LogP contribution in [0.3, 0.4) is 0 Å². The lowest BCUT2D eigenvalue weighted by atomic mass is 9.90. The van der Waals surface area contributed by atoms with Crippen molar-refractivity contribution in [2.24, 2.45) is 0 Å². The summed E-state index contributed by atoms with van der Waals surface area (Å²) in [4.78, 5) is 25.3. The Kier molecular flexibility index (Phi) is 5.71. The summed E-state index contributed by atoms with van der Waals surface area (Å²) in [5.74, 6) is -1.50. The molecule has 1 aliphatic rings. The predicted octanol–water partition coefficient (Wildman–Crippen LogP) is 3.38. The van der Waals surface area contributed by atoms with E-state index >= 15 is 0 Å². The second-order valence-electron chi connectivity index (χ2n) is 6.02. The summed E-state index contributed by atoms with van der Waals surface area (Å²) in [6, 6.07) is 9.39. The molecule has 6 nitrogen and oxygen atoms in total. The first-order valence-electron chi connectivity index (χ1n) is 8.18. The lowest BCUT2D eigenvalue weighted by Crippen LogP contribution is -2.57. The van der Waals surface area contributed by atoms with Crippen LogP contribution in [0.15, 0.2) is 36.4 Å². The van der Waals surface area contributed by atoms with E-state index in [1.54, 1.807) is 24.3 Å². The Labute approximate surface area is 157 Å². The maximum Gasteiger partial charge on any atom is 0.387 e. The van der Waals surface area contributed by atoms with E-state index in [1.165, 1.54) is 23.5 Å². The molecule has 1 aromatic heterocycles. The van der Waals surface area contributed by atoms with Gasteiger partial charge < -0.3 is 19.9 Å². The van der Waals surface area contributed by atoms with E-state index in [0.29, 0.717) is 4.88 Å². The fourth-order valence-electron chi connectivity index (χ4n) is 2.81. The van der Waals surface area contributed by atoms with E-state index in [-0.39, 0.29) is 31.8 Å². The Balaban J connectivity index is 1.73. The molecular formula is C18H17F2NO5S. The molecule has 1 fully saturated rings. The number of amides is 1. The number of hydrogen-bond donors (Lipinski definition) is 2. The second kappa shape index (κ2) is 8.01. The summed E-state index contributed by atoms with van der Waals surface area (Å²) in [5, 5.41) is 12.2. The van der Waals surface area contributed by atoms with Crippen LogP contribution in [0.5, 0.6) is 5.75 Å². The zero-order valence-corrected chi connectivity index (χ0v) is 14.9. The van der Waals surface area contributed by atoms with E-state index in [4.69, 9.17) is 4.74 Å². The molecule has 0 spiro atoms. The summed E-state index contributed by atoms with van der Waals surface area (Å²) >= 11 is 1.19. The van der Waals surface area contributed by atoms with Gasteiger partial charge in [-0.05, 0) is 42.0 Å². The molecule has 9 heteroatoms. The number of hydrogen-bond acceptors (Lipinski definition) is 5. The van der Waals surface area contributed by atoms with Crippen molar-refractivity contribution in [2.45, 2.75) is 25.0 Å². The highest BCUT2D eigenvalue weighted by atomic mass is 32.1. The minimum absolute atomic E-state index is 0.0474. The molecule has 144 valence electrons. The number of carboxylic acid groups (broad SMARTS) is 1. The Hall–Kier alpha value is -2.52. The number of benzene rings is 1. The first-order valence-corrected chi connectivity index (χ1v) is 9.00. The summed E-state index contributed by atoms with van der Waals surface area (Å²) in [6.45, 7) is -2.34. The van der Waals surface area contributed by atoms with Crippen LogP contribution < -0.4 is 10.1 Å². The Morgan fingerprint density at radius 3 is 2.41 bits per heavy atom. The maximum atomic E-state index is 12.5. The zero-order chi connectivity index (χ0) is 19.4. The molecule has 0 atom stereocenters. The highest BCUT2D eigenvalue weighted by Crippen LogP contribution is 2.30. The summed E-state index contributed by atoms with van der Waals surface area (Å²) in [5.41, 5.74) is -0.590. The van der Waals surface area contributed by atoms with Crippen LogP contribution in [0.25, 0.3) is 10.4 Å². The Bertz CT molecular complexity index is 815. The van der Waals surface area contributed by atoms with Gasteiger partial charge in [0.05, 0.1) is 4.88 Å². The van der Waals surface area contributed by atoms with Crippen LogP contribution in [0, 0.1) is 0 Å². The number of halogens is 2. The van der Waals surface area contributed by atoms with Crippen LogP contribution in [-0.2, 0) is 9.53 Å². The highest BCUT2D eigenvalue weighted by molar-refractivity contribution is 7.17. The van der Waals surface area contributed by atoms with Crippen LogP contribution >= 0.6 is 11.3 Å². The van der Waals surface area contributed by atoms with E-state index in [9.17, 15) is 23.5 Å². The number of aliphatic carboxylic acids is 1. The van der Waals surface area contributed by atoms with Gasteiger partial charge in [0.1, 0.15) is 11.3 Å². The van der Waals surface area contributed by atoms with Gasteiger partial charge >= 0.3 is 12.6 Å². The highest BCUT2D eigenvalue weighted by Gasteiger charge is 2.41. The van der Waals surface area contributed by atoms with Crippen LogP contribution in [0.2, 0.25) is 0 Å². The van der Waals surface area contributed by atoms with E-state index in [2.05, 4.69) is 10.1 Å². The van der Waals surface area contributed by atoms with Crippen molar-refractivity contribution < 1.29 is 33.0 Å². The van der Waals surface area contributed by atoms with Crippen LogP contribution in [-0.4, -0.2) is 42.3 Å². The molecule has 27 heavy (non-hydrogen) atoms. The molecular weight excluding hydrogens is 380 g/mol. The molecule has 0 unspecified atom stereocenters. The Morgan fingerprint density at radius 2 is 1.81 bits per heavy atom. The number of nitrogens with one attached hydrogen (secondary N) is 1. The molecule has 1 saturated heterocycles. The largest absolute Gasteiger partial charge is 0.480 e. The van der Waals surface area contributed by atoms with Gasteiger partial charge in [0.25, 0.3) is 5.91 Å². The molecule has 2 aromatic rings. The fraction of sp³-hybridized carbons (Fsp3) is 0.333. The number of carbonyl (C=O) groups excluding carboxylic acids is 1. The molecule has 3 rings (SSSR count). The first-order chi connectivity index (χ1) is 12.9. The van der Waals surface area contributed by atoms with Gasteiger partial charge in [-0.25, -0.2) is 4.79 Å². The third kappa shape index (κ3) is 4.42. The van der Waals surface area contributed by atoms with E-state index in [1.807, 2.05) is 0 Å². The smallest absolute Gasteiger partial charge is 0.387 e. The summed E-state index contributed by atoms with van der Waals surface area (Å²) < 4.78 is 33.9. The predicted molar refractivity (Wildman–Crippen MR) is 94.3 cm³/mol. The monoisotopic (exact) mass is 397 g/mol. The van der Waals surface area contributed by atoms with Crippen molar-refractivity contribution >= 4 is 23.2 Å². The molecule has 1 aromatic carbocycles. The van der Waals surface area contributed by atoms with Gasteiger partial charge in [-0.2, -0.15) is 8.78 Å². The topological polar surface area (TPSA) is 84.9 Å². The third-order valence-corrected chi connectivity index (χ3v) is 5.44. The number of thiophene rings is 1. The third-order valence-electron chi connectivity index (χ3n) is 4.30. The van der Waals surface area contributed by atoms with E-state index < -0.39 is 24.0 Å². The van der Waals surface area contributed by atoms with Crippen molar-refractivity contribution in [3.05, 3.63) is 41.3 Å². The van der Waals surface area contributed by atoms with Crippen molar-refractivity contribution in [1.82, 2.24) is 5.32 Å². The molecule has 0 saturated carbocycles. The molecule has 1 aliphatic heterocycles. The van der Waals surface area contributed by atoms with Crippen LogP contribution in [0.1, 0.15) is 22.5 Å². The molecule has 0 aliphatic carbocycles. The van der Waals surface area contributed by atoms with Gasteiger partial charge in [0.2, 0.25) is 0 Å². The number of carbonyl (C=O) groups is 2. The average molecular weight is 397 g/mol. The normalized spacial score (nSPS) is 16.1. The van der Waals surface area contributed by atoms with Crippen LogP contribution in [0.4, 0.5) is 8.78 Å². The standard InChI is InChI=1S/C18H17F2NO5S/c19-17(20)26-12-3-1-11(2-4-12)13-5-6-14(27-13)15(22)21-18(16(23)24)7-9-25-10-8-18/h1-6,17H,7-10H2,(H,21,22)(H,23,24). The summed E-state index contributed by atoms with van der Waals surface area (Å²) in [6.07, 6.45) is 0.413. The first kappa shape index (κ1) is 19.2. The SMILES string of the molecule is O=C(NC1(C(=O)O)CCOCC1)c1ccc(-c2ccc(OC(F)F)cc2)s1. The average Bonchev–Trinajstić information content (AvgIpc) is 3.13.